The van der Waals surface area contributed by atoms with Gasteiger partial charge in [-0.2, -0.15) is 5.10 Å². The summed E-state index contributed by atoms with van der Waals surface area (Å²) in [7, 11) is 0. The molecule has 0 aliphatic heterocycles. The largest absolute Gasteiger partial charge is 0.483 e. The van der Waals surface area contributed by atoms with Crippen molar-refractivity contribution in [1.82, 2.24) is 15.1 Å². The van der Waals surface area contributed by atoms with Gasteiger partial charge in [0.2, 0.25) is 0 Å². The number of hydrogen-bond acceptors (Lipinski definition) is 4. The van der Waals surface area contributed by atoms with Crippen molar-refractivity contribution in [3.63, 3.8) is 0 Å². The Labute approximate surface area is 171 Å². The molecule has 0 atom stereocenters. The van der Waals surface area contributed by atoms with Crippen LogP contribution in [0.4, 0.5) is 0 Å². The van der Waals surface area contributed by atoms with Crippen LogP contribution in [0.15, 0.2) is 40.9 Å². The fourth-order valence-electron chi connectivity index (χ4n) is 2.32. The Kier molecular flexibility index (Phi) is 6.31. The van der Waals surface area contributed by atoms with E-state index in [0.29, 0.717) is 33.1 Å². The van der Waals surface area contributed by atoms with Gasteiger partial charge in [0, 0.05) is 17.8 Å². The Morgan fingerprint density at radius 2 is 1.96 bits per heavy atom. The van der Waals surface area contributed by atoms with Crippen LogP contribution < -0.4 is 10.1 Å². The molecule has 2 aromatic heterocycles. The van der Waals surface area contributed by atoms with E-state index in [-0.39, 0.29) is 18.3 Å². The van der Waals surface area contributed by atoms with E-state index in [9.17, 15) is 4.79 Å². The standard InChI is InChI=1S/C18H16Cl3N3O3/c1-2-24-6-5-12(23-24)9-22-18(25)16-4-3-13(27-16)10-26-17-14(20)7-11(19)8-15(17)21/h3-8H,2,9-10H2,1H3,(H,22,25). The van der Waals surface area contributed by atoms with E-state index >= 15 is 0 Å². The molecule has 2 heterocycles. The van der Waals surface area contributed by atoms with Gasteiger partial charge in [-0.25, -0.2) is 0 Å². The Morgan fingerprint density at radius 3 is 2.63 bits per heavy atom. The monoisotopic (exact) mass is 427 g/mol. The highest BCUT2D eigenvalue weighted by Gasteiger charge is 2.14. The number of aryl methyl sites for hydroxylation is 1. The number of amides is 1. The van der Waals surface area contributed by atoms with Gasteiger partial charge in [0.1, 0.15) is 12.4 Å². The van der Waals surface area contributed by atoms with Crippen molar-refractivity contribution in [2.75, 3.05) is 0 Å². The summed E-state index contributed by atoms with van der Waals surface area (Å²) in [5, 5.41) is 8.06. The van der Waals surface area contributed by atoms with Gasteiger partial charge in [-0.15, -0.1) is 0 Å². The van der Waals surface area contributed by atoms with Crippen LogP contribution in [0, 0.1) is 0 Å². The number of hydrogen-bond donors (Lipinski definition) is 1. The maximum Gasteiger partial charge on any atom is 0.287 e. The molecule has 6 nitrogen and oxygen atoms in total. The molecule has 0 saturated carbocycles. The molecule has 0 aliphatic rings. The SMILES string of the molecule is CCn1ccc(CNC(=O)c2ccc(COc3c(Cl)cc(Cl)cc3Cl)o2)n1. The lowest BCUT2D eigenvalue weighted by Crippen LogP contribution is -2.22. The van der Waals surface area contributed by atoms with Gasteiger partial charge in [0.05, 0.1) is 22.3 Å². The third-order valence-electron chi connectivity index (χ3n) is 3.66. The van der Waals surface area contributed by atoms with Crippen molar-refractivity contribution in [3.8, 4) is 5.75 Å². The van der Waals surface area contributed by atoms with Gasteiger partial charge in [-0.1, -0.05) is 34.8 Å². The first-order valence-corrected chi connectivity index (χ1v) is 9.26. The second-order valence-electron chi connectivity index (χ2n) is 5.60. The van der Waals surface area contributed by atoms with Crippen molar-refractivity contribution < 1.29 is 13.9 Å². The summed E-state index contributed by atoms with van der Waals surface area (Å²) >= 11 is 18.0. The maximum absolute atomic E-state index is 12.2. The number of benzene rings is 1. The topological polar surface area (TPSA) is 69.3 Å². The summed E-state index contributed by atoms with van der Waals surface area (Å²) in [4.78, 5) is 12.2. The molecule has 3 rings (SSSR count). The molecule has 0 spiro atoms. The molecule has 0 unspecified atom stereocenters. The van der Waals surface area contributed by atoms with E-state index in [1.54, 1.807) is 16.8 Å². The van der Waals surface area contributed by atoms with E-state index in [4.69, 9.17) is 44.0 Å². The van der Waals surface area contributed by atoms with Gasteiger partial charge in [0.15, 0.2) is 11.5 Å². The molecule has 1 N–H and O–H groups in total. The first-order chi connectivity index (χ1) is 13.0. The Hall–Kier alpha value is -2.15. The van der Waals surface area contributed by atoms with Crippen LogP contribution in [0.25, 0.3) is 0 Å². The minimum Gasteiger partial charge on any atom is -0.483 e. The van der Waals surface area contributed by atoms with E-state index in [1.165, 1.54) is 12.1 Å². The second kappa shape index (κ2) is 8.69. The number of halogens is 3. The van der Waals surface area contributed by atoms with E-state index in [0.717, 1.165) is 12.2 Å². The number of furan rings is 1. The fraction of sp³-hybridized carbons (Fsp3) is 0.222. The average molecular weight is 429 g/mol. The predicted molar refractivity (Wildman–Crippen MR) is 104 cm³/mol. The minimum absolute atomic E-state index is 0.0647. The summed E-state index contributed by atoms with van der Waals surface area (Å²) < 4.78 is 12.9. The molecule has 0 aliphatic carbocycles. The van der Waals surface area contributed by atoms with E-state index in [1.807, 2.05) is 19.2 Å². The molecule has 0 saturated heterocycles. The number of nitrogens with one attached hydrogen (secondary N) is 1. The molecule has 0 fully saturated rings. The smallest absolute Gasteiger partial charge is 0.287 e. The molecule has 9 heteroatoms. The van der Waals surface area contributed by atoms with E-state index < -0.39 is 0 Å². The van der Waals surface area contributed by atoms with Crippen LogP contribution in [0.2, 0.25) is 15.1 Å². The van der Waals surface area contributed by atoms with Crippen molar-refractivity contribution in [1.29, 1.82) is 0 Å². The second-order valence-corrected chi connectivity index (χ2v) is 6.85. The van der Waals surface area contributed by atoms with Crippen molar-refractivity contribution >= 4 is 40.7 Å². The Bertz CT molecular complexity index is 929. The quantitative estimate of drug-likeness (QED) is 0.577. The lowest BCUT2D eigenvalue weighted by atomic mass is 10.3. The number of aromatic nitrogens is 2. The van der Waals surface area contributed by atoms with Gasteiger partial charge in [-0.3, -0.25) is 9.48 Å². The highest BCUT2D eigenvalue weighted by molar-refractivity contribution is 6.40. The van der Waals surface area contributed by atoms with Gasteiger partial charge < -0.3 is 14.5 Å². The lowest BCUT2D eigenvalue weighted by Gasteiger charge is -2.09. The van der Waals surface area contributed by atoms with Crippen LogP contribution >= 0.6 is 34.8 Å². The molecule has 1 amide bonds. The number of rotatable bonds is 7. The van der Waals surface area contributed by atoms with Gasteiger partial charge >= 0.3 is 0 Å². The highest BCUT2D eigenvalue weighted by atomic mass is 35.5. The molecule has 142 valence electrons. The third kappa shape index (κ3) is 4.97. The first kappa shape index (κ1) is 19.6. The fourth-order valence-corrected chi connectivity index (χ4v) is 3.25. The number of nitrogens with zero attached hydrogens (tertiary/aromatic N) is 2. The van der Waals surface area contributed by atoms with Gasteiger partial charge in [0.25, 0.3) is 5.91 Å². The molecule has 0 radical (unpaired) electrons. The molecule has 27 heavy (non-hydrogen) atoms. The summed E-state index contributed by atoms with van der Waals surface area (Å²) in [6.45, 7) is 3.15. The van der Waals surface area contributed by atoms with Crippen LogP contribution in [0.3, 0.4) is 0 Å². The molecular weight excluding hydrogens is 413 g/mol. The van der Waals surface area contributed by atoms with Crippen molar-refractivity contribution in [3.05, 3.63) is 68.8 Å². The first-order valence-electron chi connectivity index (χ1n) is 8.13. The molecule has 0 bridgehead atoms. The normalized spacial score (nSPS) is 10.8. The zero-order valence-corrected chi connectivity index (χ0v) is 16.6. The zero-order chi connectivity index (χ0) is 19.4. The maximum atomic E-state index is 12.2. The Morgan fingerprint density at radius 1 is 1.22 bits per heavy atom. The van der Waals surface area contributed by atoms with Gasteiger partial charge in [-0.05, 0) is 37.3 Å². The predicted octanol–water partition coefficient (Wildman–Crippen LogP) is 4.97. The van der Waals surface area contributed by atoms with Crippen LogP contribution in [0.5, 0.6) is 5.75 Å². The summed E-state index contributed by atoms with van der Waals surface area (Å²) in [6, 6.07) is 8.14. The number of ether oxygens (including phenoxy) is 1. The van der Waals surface area contributed by atoms with E-state index in [2.05, 4.69) is 10.4 Å². The van der Waals surface area contributed by atoms with Crippen LogP contribution in [-0.2, 0) is 19.7 Å². The summed E-state index contributed by atoms with van der Waals surface area (Å²) in [6.07, 6.45) is 1.86. The molecular formula is C18H16Cl3N3O3. The number of carbonyl (C=O) groups is 1. The summed E-state index contributed by atoms with van der Waals surface area (Å²) in [5.41, 5.74) is 0.771. The van der Waals surface area contributed by atoms with Crippen LogP contribution in [0.1, 0.15) is 28.9 Å². The van der Waals surface area contributed by atoms with Crippen LogP contribution in [-0.4, -0.2) is 15.7 Å². The zero-order valence-electron chi connectivity index (χ0n) is 14.3. The Balaban J connectivity index is 1.57. The molecule has 1 aromatic carbocycles. The lowest BCUT2D eigenvalue weighted by molar-refractivity contribution is 0.0918. The number of carbonyl (C=O) groups excluding carboxylic acids is 1. The summed E-state index contributed by atoms with van der Waals surface area (Å²) in [5.74, 6) is 0.598. The molecule has 3 aromatic rings. The van der Waals surface area contributed by atoms with Crippen molar-refractivity contribution in [2.45, 2.75) is 26.6 Å². The highest BCUT2D eigenvalue weighted by Crippen LogP contribution is 2.36. The van der Waals surface area contributed by atoms with Crippen molar-refractivity contribution in [2.24, 2.45) is 0 Å². The average Bonchev–Trinajstić information content (AvgIpc) is 3.28. The minimum atomic E-state index is -0.338. The third-order valence-corrected chi connectivity index (χ3v) is 4.44.